The second-order valence-electron chi connectivity index (χ2n) is 7.20. The van der Waals surface area contributed by atoms with Crippen LogP contribution < -0.4 is 10.3 Å². The van der Waals surface area contributed by atoms with Crippen molar-refractivity contribution in [2.45, 2.75) is 32.5 Å². The number of aromatic nitrogens is 2. The fraction of sp³-hybridized carbons (Fsp3) is 0.261. The van der Waals surface area contributed by atoms with Crippen LogP contribution in [0, 0.1) is 0 Å². The van der Waals surface area contributed by atoms with E-state index in [1.54, 1.807) is 0 Å². The van der Waals surface area contributed by atoms with Gasteiger partial charge < -0.3 is 4.74 Å². The van der Waals surface area contributed by atoms with Crippen molar-refractivity contribution in [2.24, 2.45) is 0 Å². The molecule has 0 fully saturated rings. The maximum absolute atomic E-state index is 13.3. The van der Waals surface area contributed by atoms with Gasteiger partial charge >= 0.3 is 6.18 Å². The number of methoxy groups -OCH3 is 1. The maximum atomic E-state index is 13.3. The number of hydrogen-bond acceptors (Lipinski definition) is 4. The number of alkyl halides is 3. The topological polar surface area (TPSA) is 61.2 Å². The van der Waals surface area contributed by atoms with E-state index in [4.69, 9.17) is 4.74 Å². The van der Waals surface area contributed by atoms with Crippen molar-refractivity contribution in [3.05, 3.63) is 81.6 Å². The summed E-state index contributed by atoms with van der Waals surface area (Å²) in [5, 5.41) is 4.24. The number of carbonyl (C=O) groups is 1. The Labute approximate surface area is 177 Å². The summed E-state index contributed by atoms with van der Waals surface area (Å²) in [5.74, 6) is -0.478. The Bertz CT molecular complexity index is 1150. The molecule has 0 radical (unpaired) electrons. The molecule has 1 unspecified atom stereocenters. The number of hydrogen-bond donors (Lipinski definition) is 0. The van der Waals surface area contributed by atoms with Gasteiger partial charge in [0, 0.05) is 11.6 Å². The van der Waals surface area contributed by atoms with Gasteiger partial charge in [0.1, 0.15) is 0 Å². The van der Waals surface area contributed by atoms with Crippen LogP contribution in [0.5, 0.6) is 5.88 Å². The number of Topliss-reactive ketones (excluding diaryl/α,β-unsaturated/α-hetero) is 1. The molecule has 1 atom stereocenters. The number of benzene rings is 2. The lowest BCUT2D eigenvalue weighted by Crippen LogP contribution is -2.27. The van der Waals surface area contributed by atoms with Crippen molar-refractivity contribution in [3.8, 4) is 17.0 Å². The van der Waals surface area contributed by atoms with Gasteiger partial charge in [-0.2, -0.15) is 13.2 Å². The summed E-state index contributed by atoms with van der Waals surface area (Å²) in [7, 11) is 1.31. The first-order chi connectivity index (χ1) is 14.6. The molecule has 162 valence electrons. The van der Waals surface area contributed by atoms with E-state index in [1.807, 2.05) is 37.3 Å². The molecular formula is C23H21F3N2O3. The predicted octanol–water partition coefficient (Wildman–Crippen LogP) is 4.94. The highest BCUT2D eigenvalue weighted by molar-refractivity contribution is 6.01. The summed E-state index contributed by atoms with van der Waals surface area (Å²) in [5.41, 5.74) is -0.410. The summed E-state index contributed by atoms with van der Waals surface area (Å²) >= 11 is 0. The summed E-state index contributed by atoms with van der Waals surface area (Å²) < 4.78 is 46.3. The Kier molecular flexibility index (Phi) is 6.29. The Morgan fingerprint density at radius 1 is 1.10 bits per heavy atom. The quantitative estimate of drug-likeness (QED) is 0.520. The third-order valence-corrected chi connectivity index (χ3v) is 4.92. The standard InChI is InChI=1S/C23H21F3N2O3/c1-14(11-16-7-5-4-6-8-16)28-21(30)13-20(22(27-28)31-3)19-12-17(23(24,25)26)9-10-18(19)15(2)29/h4-10,12-14H,11H2,1-3H3. The normalized spacial score (nSPS) is 12.5. The minimum atomic E-state index is -4.61. The second kappa shape index (κ2) is 8.75. The number of halogens is 3. The minimum absolute atomic E-state index is 0.0342. The Balaban J connectivity index is 2.12. The van der Waals surface area contributed by atoms with Gasteiger partial charge in [0.2, 0.25) is 5.88 Å². The number of rotatable bonds is 6. The van der Waals surface area contributed by atoms with E-state index in [-0.39, 0.29) is 28.6 Å². The summed E-state index contributed by atoms with van der Waals surface area (Å²) in [4.78, 5) is 24.9. The lowest BCUT2D eigenvalue weighted by Gasteiger charge is -2.18. The Morgan fingerprint density at radius 2 is 1.77 bits per heavy atom. The average molecular weight is 430 g/mol. The Morgan fingerprint density at radius 3 is 2.35 bits per heavy atom. The first-order valence-corrected chi connectivity index (χ1v) is 9.56. The highest BCUT2D eigenvalue weighted by Crippen LogP contribution is 2.36. The molecule has 3 aromatic rings. The molecule has 1 heterocycles. The van der Waals surface area contributed by atoms with Crippen LogP contribution >= 0.6 is 0 Å². The van der Waals surface area contributed by atoms with Gasteiger partial charge in [-0.25, -0.2) is 4.68 Å². The lowest BCUT2D eigenvalue weighted by atomic mass is 9.96. The average Bonchev–Trinajstić information content (AvgIpc) is 2.73. The first-order valence-electron chi connectivity index (χ1n) is 9.56. The Hall–Kier alpha value is -3.42. The maximum Gasteiger partial charge on any atom is 0.416 e. The molecule has 5 nitrogen and oxygen atoms in total. The molecule has 31 heavy (non-hydrogen) atoms. The van der Waals surface area contributed by atoms with Crippen molar-refractivity contribution >= 4 is 5.78 Å². The highest BCUT2D eigenvalue weighted by Gasteiger charge is 2.32. The molecule has 0 amide bonds. The molecule has 2 aromatic carbocycles. The van der Waals surface area contributed by atoms with E-state index in [0.717, 1.165) is 29.8 Å². The van der Waals surface area contributed by atoms with Gasteiger partial charge in [0.25, 0.3) is 5.56 Å². The van der Waals surface area contributed by atoms with Crippen molar-refractivity contribution in [2.75, 3.05) is 7.11 Å². The van der Waals surface area contributed by atoms with Crippen molar-refractivity contribution in [3.63, 3.8) is 0 Å². The molecule has 8 heteroatoms. The largest absolute Gasteiger partial charge is 0.480 e. The van der Waals surface area contributed by atoms with E-state index in [2.05, 4.69) is 5.10 Å². The highest BCUT2D eigenvalue weighted by atomic mass is 19.4. The zero-order chi connectivity index (χ0) is 22.8. The van der Waals surface area contributed by atoms with Crippen LogP contribution in [0.1, 0.15) is 41.4 Å². The van der Waals surface area contributed by atoms with Crippen LogP contribution in [0.4, 0.5) is 13.2 Å². The summed E-state index contributed by atoms with van der Waals surface area (Å²) in [6.45, 7) is 3.06. The summed E-state index contributed by atoms with van der Waals surface area (Å²) in [6, 6.07) is 13.1. The fourth-order valence-corrected chi connectivity index (χ4v) is 3.40. The van der Waals surface area contributed by atoms with E-state index >= 15 is 0 Å². The van der Waals surface area contributed by atoms with Crippen molar-refractivity contribution in [1.82, 2.24) is 9.78 Å². The van der Waals surface area contributed by atoms with Crippen LogP contribution in [0.2, 0.25) is 0 Å². The van der Waals surface area contributed by atoms with Crippen LogP contribution in [-0.4, -0.2) is 22.7 Å². The fourth-order valence-electron chi connectivity index (χ4n) is 3.40. The van der Waals surface area contributed by atoms with Gasteiger partial charge in [-0.3, -0.25) is 9.59 Å². The number of ketones is 1. The molecule has 1 aromatic heterocycles. The van der Waals surface area contributed by atoms with Gasteiger partial charge in [0.05, 0.1) is 24.3 Å². The first kappa shape index (κ1) is 22.3. The van der Waals surface area contributed by atoms with Gasteiger partial charge in [-0.1, -0.05) is 36.4 Å². The number of carbonyl (C=O) groups excluding carboxylic acids is 1. The SMILES string of the molecule is COc1nn(C(C)Cc2ccccc2)c(=O)cc1-c1cc(C(F)(F)F)ccc1C(C)=O. The number of ether oxygens (including phenoxy) is 1. The van der Waals surface area contributed by atoms with Crippen molar-refractivity contribution < 1.29 is 22.7 Å². The monoisotopic (exact) mass is 430 g/mol. The van der Waals surface area contributed by atoms with Gasteiger partial charge in [-0.05, 0) is 43.5 Å². The molecule has 3 rings (SSSR count). The molecule has 0 N–H and O–H groups in total. The minimum Gasteiger partial charge on any atom is -0.480 e. The van der Waals surface area contributed by atoms with Crippen LogP contribution in [0.25, 0.3) is 11.1 Å². The van der Waals surface area contributed by atoms with E-state index in [1.165, 1.54) is 18.7 Å². The van der Waals surface area contributed by atoms with E-state index in [9.17, 15) is 22.8 Å². The van der Waals surface area contributed by atoms with Gasteiger partial charge in [-0.15, -0.1) is 5.10 Å². The van der Waals surface area contributed by atoms with Crippen molar-refractivity contribution in [1.29, 1.82) is 0 Å². The van der Waals surface area contributed by atoms with Crippen LogP contribution in [0.3, 0.4) is 0 Å². The predicted molar refractivity (Wildman–Crippen MR) is 110 cm³/mol. The second-order valence-corrected chi connectivity index (χ2v) is 7.20. The molecule has 0 aliphatic rings. The smallest absolute Gasteiger partial charge is 0.416 e. The van der Waals surface area contributed by atoms with Crippen LogP contribution in [0.15, 0.2) is 59.4 Å². The summed E-state index contributed by atoms with van der Waals surface area (Å²) in [6.07, 6.45) is -4.08. The third-order valence-electron chi connectivity index (χ3n) is 4.92. The van der Waals surface area contributed by atoms with Gasteiger partial charge in [0.15, 0.2) is 5.78 Å². The zero-order valence-corrected chi connectivity index (χ0v) is 17.2. The van der Waals surface area contributed by atoms with E-state index in [0.29, 0.717) is 6.42 Å². The molecule has 0 bridgehead atoms. The zero-order valence-electron chi connectivity index (χ0n) is 17.2. The lowest BCUT2D eigenvalue weighted by molar-refractivity contribution is -0.137. The molecule has 0 spiro atoms. The molecule has 0 saturated heterocycles. The third kappa shape index (κ3) is 4.84. The van der Waals surface area contributed by atoms with Crippen LogP contribution in [-0.2, 0) is 12.6 Å². The molecule has 0 aliphatic carbocycles. The van der Waals surface area contributed by atoms with E-state index < -0.39 is 23.1 Å². The molecular weight excluding hydrogens is 409 g/mol. The molecule has 0 aliphatic heterocycles. The number of nitrogens with zero attached hydrogens (tertiary/aromatic N) is 2. The molecule has 0 saturated carbocycles.